The molecule has 0 aliphatic rings. The van der Waals surface area contributed by atoms with Crippen molar-refractivity contribution in [3.63, 3.8) is 0 Å². The largest absolute Gasteiger partial charge is 0.369 e. The minimum absolute atomic E-state index is 0.0800. The molecule has 0 amide bonds. The van der Waals surface area contributed by atoms with E-state index in [0.717, 1.165) is 0 Å². The minimum Gasteiger partial charge on any atom is -0.369 e. The molecule has 0 aromatic carbocycles. The van der Waals surface area contributed by atoms with Gasteiger partial charge in [-0.3, -0.25) is 10.1 Å². The Morgan fingerprint density at radius 3 is 3.11 bits per heavy atom. The average Bonchev–Trinajstić information content (AvgIpc) is 2.42. The maximum Gasteiger partial charge on any atom is 0.273 e. The smallest absolute Gasteiger partial charge is 0.273 e. The second-order valence-corrected chi connectivity index (χ2v) is 3.43. The number of nitrogens with one attached hydrogen (secondary N) is 2. The van der Waals surface area contributed by atoms with Gasteiger partial charge in [0.25, 0.3) is 5.56 Å². The molecule has 0 aliphatic heterocycles. The van der Waals surface area contributed by atoms with E-state index in [1.807, 2.05) is 0 Å². The van der Waals surface area contributed by atoms with Crippen LogP contribution in [0.25, 0.3) is 11.3 Å². The van der Waals surface area contributed by atoms with Gasteiger partial charge in [-0.15, -0.1) is 0 Å². The van der Waals surface area contributed by atoms with Crippen molar-refractivity contribution in [2.45, 2.75) is 0 Å². The summed E-state index contributed by atoms with van der Waals surface area (Å²) in [7, 11) is 0. The van der Waals surface area contributed by atoms with Crippen molar-refractivity contribution in [2.75, 3.05) is 0 Å². The maximum absolute atomic E-state index is 11.6. The first-order valence-electron chi connectivity index (χ1n) is 5.19. The molecule has 4 N–H and O–H groups in total. The number of aliphatic imine (C=N–C) groups is 1. The van der Waals surface area contributed by atoms with Crippen LogP contribution in [0.2, 0.25) is 0 Å². The fraction of sp³-hybridized carbons (Fsp3) is 0. The summed E-state index contributed by atoms with van der Waals surface area (Å²) in [4.78, 5) is 25.8. The maximum atomic E-state index is 11.6. The van der Waals surface area contributed by atoms with Crippen molar-refractivity contribution in [1.29, 1.82) is 5.26 Å². The molecular weight excluding hydrogens is 246 g/mol. The van der Waals surface area contributed by atoms with E-state index in [1.165, 1.54) is 18.6 Å². The second-order valence-electron chi connectivity index (χ2n) is 3.43. The molecule has 0 fully saturated rings. The number of rotatable bonds is 2. The number of hydrogen-bond acceptors (Lipinski definition) is 5. The van der Waals surface area contributed by atoms with Crippen LogP contribution in [0.5, 0.6) is 0 Å². The van der Waals surface area contributed by atoms with Crippen LogP contribution in [0.1, 0.15) is 0 Å². The van der Waals surface area contributed by atoms with Gasteiger partial charge in [-0.25, -0.2) is 15.0 Å². The Hall–Kier alpha value is -3.21. The lowest BCUT2D eigenvalue weighted by molar-refractivity contribution is 1.15. The highest BCUT2D eigenvalue weighted by Gasteiger charge is 2.04. The molecule has 0 saturated carbocycles. The third-order valence-corrected chi connectivity index (χ3v) is 2.19. The highest BCUT2D eigenvalue weighted by Crippen LogP contribution is 2.17. The summed E-state index contributed by atoms with van der Waals surface area (Å²) in [5, 5.41) is 10.5. The van der Waals surface area contributed by atoms with Gasteiger partial charge in [0.05, 0.1) is 5.69 Å². The first-order valence-corrected chi connectivity index (χ1v) is 5.19. The predicted molar refractivity (Wildman–Crippen MR) is 68.1 cm³/mol. The van der Waals surface area contributed by atoms with Crippen molar-refractivity contribution >= 4 is 11.6 Å². The van der Waals surface area contributed by atoms with Crippen molar-refractivity contribution in [2.24, 2.45) is 10.7 Å². The number of aromatic amines is 1. The highest BCUT2D eigenvalue weighted by molar-refractivity contribution is 5.82. The monoisotopic (exact) mass is 255 g/mol. The van der Waals surface area contributed by atoms with Gasteiger partial charge in [-0.05, 0) is 12.1 Å². The van der Waals surface area contributed by atoms with Gasteiger partial charge in [-0.1, -0.05) is 0 Å². The normalized spacial score (nSPS) is 10.8. The Morgan fingerprint density at radius 2 is 2.42 bits per heavy atom. The Labute approximate surface area is 107 Å². The van der Waals surface area contributed by atoms with Crippen LogP contribution in [0.3, 0.4) is 0 Å². The zero-order valence-electron chi connectivity index (χ0n) is 9.66. The van der Waals surface area contributed by atoms with Crippen LogP contribution in [-0.4, -0.2) is 20.9 Å². The minimum atomic E-state index is -0.416. The van der Waals surface area contributed by atoms with E-state index in [0.29, 0.717) is 11.3 Å². The molecule has 0 spiro atoms. The molecule has 8 heteroatoms. The van der Waals surface area contributed by atoms with Gasteiger partial charge in [-0.2, -0.15) is 5.26 Å². The molecule has 19 heavy (non-hydrogen) atoms. The summed E-state index contributed by atoms with van der Waals surface area (Å²) < 4.78 is 0. The molecule has 0 aliphatic carbocycles. The van der Waals surface area contributed by atoms with Crippen molar-refractivity contribution < 1.29 is 0 Å². The number of hydrogen-bond donors (Lipinski definition) is 3. The SMILES string of the molecule is N#CNC(N)=Nc1cc(-c2ccncn2)c[nH]c1=O. The number of H-pyrrole nitrogens is 1. The highest BCUT2D eigenvalue weighted by atomic mass is 16.1. The van der Waals surface area contributed by atoms with Gasteiger partial charge in [0, 0.05) is 18.0 Å². The zero-order valence-corrected chi connectivity index (χ0v) is 9.66. The molecular formula is C11H9N7O. The molecule has 0 atom stereocenters. The van der Waals surface area contributed by atoms with Crippen molar-refractivity contribution in [3.8, 4) is 17.5 Å². The molecule has 2 rings (SSSR count). The van der Waals surface area contributed by atoms with Crippen LogP contribution in [0.15, 0.2) is 40.6 Å². The number of aromatic nitrogens is 3. The predicted octanol–water partition coefficient (Wildman–Crippen LogP) is -0.151. The van der Waals surface area contributed by atoms with Crippen LogP contribution < -0.4 is 16.6 Å². The summed E-state index contributed by atoms with van der Waals surface area (Å²) in [6.45, 7) is 0. The summed E-state index contributed by atoms with van der Waals surface area (Å²) in [5.74, 6) is -0.159. The Morgan fingerprint density at radius 1 is 1.58 bits per heavy atom. The van der Waals surface area contributed by atoms with Crippen LogP contribution >= 0.6 is 0 Å². The molecule has 94 valence electrons. The molecule has 0 bridgehead atoms. The number of nitriles is 1. The van der Waals surface area contributed by atoms with E-state index in [-0.39, 0.29) is 11.6 Å². The molecule has 0 unspecified atom stereocenters. The summed E-state index contributed by atoms with van der Waals surface area (Å²) in [5.41, 5.74) is 6.37. The zero-order chi connectivity index (χ0) is 13.7. The van der Waals surface area contributed by atoms with Gasteiger partial charge in [0.1, 0.15) is 12.0 Å². The van der Waals surface area contributed by atoms with Crippen LogP contribution in [-0.2, 0) is 0 Å². The second kappa shape index (κ2) is 5.42. The lowest BCUT2D eigenvalue weighted by Gasteiger charge is -2.01. The molecule has 0 saturated heterocycles. The van der Waals surface area contributed by atoms with Gasteiger partial charge >= 0.3 is 0 Å². The summed E-state index contributed by atoms with van der Waals surface area (Å²) in [6, 6.07) is 3.21. The Bertz CT molecular complexity index is 699. The van der Waals surface area contributed by atoms with Crippen molar-refractivity contribution in [1.82, 2.24) is 20.3 Å². The van der Waals surface area contributed by atoms with Gasteiger partial charge in [0.15, 0.2) is 6.19 Å². The van der Waals surface area contributed by atoms with E-state index in [9.17, 15) is 4.79 Å². The third kappa shape index (κ3) is 2.92. The number of guanidine groups is 1. The molecule has 2 heterocycles. The summed E-state index contributed by atoms with van der Waals surface area (Å²) in [6.07, 6.45) is 6.11. The first kappa shape index (κ1) is 12.3. The molecule has 2 aromatic heterocycles. The van der Waals surface area contributed by atoms with Crippen LogP contribution in [0.4, 0.5) is 5.69 Å². The Balaban J connectivity index is 2.44. The third-order valence-electron chi connectivity index (χ3n) is 2.19. The number of pyridine rings is 1. The van der Waals surface area contributed by atoms with Gasteiger partial charge < -0.3 is 10.7 Å². The van der Waals surface area contributed by atoms with E-state index in [1.54, 1.807) is 18.5 Å². The fourth-order valence-electron chi connectivity index (χ4n) is 1.38. The van der Waals surface area contributed by atoms with Gasteiger partial charge in [0.2, 0.25) is 5.96 Å². The summed E-state index contributed by atoms with van der Waals surface area (Å²) >= 11 is 0. The van der Waals surface area contributed by atoms with E-state index < -0.39 is 5.56 Å². The molecule has 8 nitrogen and oxygen atoms in total. The number of nitrogens with two attached hydrogens (primary N) is 1. The van der Waals surface area contributed by atoms with Crippen LogP contribution in [0, 0.1) is 11.5 Å². The lowest BCUT2D eigenvalue weighted by Crippen LogP contribution is -2.27. The number of nitrogens with zero attached hydrogens (tertiary/aromatic N) is 4. The average molecular weight is 255 g/mol. The van der Waals surface area contributed by atoms with E-state index >= 15 is 0 Å². The topological polar surface area (TPSA) is 133 Å². The Kier molecular flexibility index (Phi) is 3.49. The van der Waals surface area contributed by atoms with Crippen molar-refractivity contribution in [3.05, 3.63) is 41.2 Å². The molecule has 0 radical (unpaired) electrons. The molecule has 2 aromatic rings. The van der Waals surface area contributed by atoms with E-state index in [2.05, 4.69) is 25.3 Å². The standard InChI is InChI=1S/C11H9N7O/c12-5-16-11(13)18-9-3-7(4-15-10(9)19)8-1-2-14-6-17-8/h1-4,6H,(H,15,19)(H3,13,16,18). The fourth-order valence-corrected chi connectivity index (χ4v) is 1.38. The van der Waals surface area contributed by atoms with E-state index in [4.69, 9.17) is 11.0 Å². The first-order chi connectivity index (χ1) is 9.20. The lowest BCUT2D eigenvalue weighted by atomic mass is 10.2. The quantitative estimate of drug-likeness (QED) is 0.296.